The number of aliphatic hydroxyl groups excluding tert-OH is 2. The molecular formula is C11H18N2O5. The van der Waals surface area contributed by atoms with Crippen LogP contribution in [0.2, 0.25) is 0 Å². The summed E-state index contributed by atoms with van der Waals surface area (Å²) in [4.78, 5) is 25.9. The van der Waals surface area contributed by atoms with Crippen LogP contribution in [0.15, 0.2) is 4.99 Å². The highest BCUT2D eigenvalue weighted by Gasteiger charge is 2.45. The molecule has 0 heterocycles. The van der Waals surface area contributed by atoms with Crippen LogP contribution in [0, 0.1) is 15.5 Å². The average Bonchev–Trinajstić information content (AvgIpc) is 2.22. The van der Waals surface area contributed by atoms with Crippen LogP contribution in [0.1, 0.15) is 26.7 Å². The highest BCUT2D eigenvalue weighted by Crippen LogP contribution is 2.32. The van der Waals surface area contributed by atoms with Crippen molar-refractivity contribution >= 4 is 11.5 Å². The van der Waals surface area contributed by atoms with Crippen molar-refractivity contribution in [2.24, 2.45) is 10.4 Å². The summed E-state index contributed by atoms with van der Waals surface area (Å²) < 4.78 is 0. The number of carbonyl (C=O) groups excluding carboxylic acids is 1. The minimum absolute atomic E-state index is 0.125. The van der Waals surface area contributed by atoms with Crippen molar-refractivity contribution in [1.29, 1.82) is 0 Å². The second kappa shape index (κ2) is 5.53. The van der Waals surface area contributed by atoms with Gasteiger partial charge in [-0.3, -0.25) is 19.9 Å². The van der Waals surface area contributed by atoms with Gasteiger partial charge in [-0.1, -0.05) is 13.8 Å². The number of nitro groups is 1. The van der Waals surface area contributed by atoms with Crippen LogP contribution in [0.3, 0.4) is 0 Å². The summed E-state index contributed by atoms with van der Waals surface area (Å²) in [5, 5.41) is 28.8. The van der Waals surface area contributed by atoms with Crippen molar-refractivity contribution in [1.82, 2.24) is 0 Å². The number of nitrogens with zero attached hydrogens (tertiary/aromatic N) is 2. The Bertz CT molecular complexity index is 378. The molecule has 1 aliphatic rings. The van der Waals surface area contributed by atoms with E-state index in [1.54, 1.807) is 0 Å². The molecule has 2 N–H and O–H groups in total. The molecule has 0 spiro atoms. The number of hydrogen-bond donors (Lipinski definition) is 2. The lowest BCUT2D eigenvalue weighted by molar-refractivity contribution is -0.490. The highest BCUT2D eigenvalue weighted by molar-refractivity contribution is 6.10. The van der Waals surface area contributed by atoms with E-state index < -0.39 is 29.5 Å². The zero-order chi connectivity index (χ0) is 13.9. The summed E-state index contributed by atoms with van der Waals surface area (Å²) in [6.45, 7) is 3.11. The van der Waals surface area contributed by atoms with E-state index in [0.29, 0.717) is 6.42 Å². The number of hydrogen-bond acceptors (Lipinski definition) is 6. The maximum Gasteiger partial charge on any atom is 0.307 e. The standard InChI is InChI=1S/C11H18N2O5/c1-11(2)3-8(12-5-7(15)6-14)10(13(17)18)9(16)4-11/h7,10,14-15H,3-6H2,1-2H3/t7-,10?/m0/s1. The topological polar surface area (TPSA) is 113 Å². The molecule has 7 heteroatoms. The summed E-state index contributed by atoms with van der Waals surface area (Å²) in [6, 6.07) is -1.40. The molecule has 0 aromatic heterocycles. The summed E-state index contributed by atoms with van der Waals surface area (Å²) in [5.41, 5.74) is -0.166. The van der Waals surface area contributed by atoms with Crippen LogP contribution in [0.5, 0.6) is 0 Å². The van der Waals surface area contributed by atoms with Gasteiger partial charge in [0.25, 0.3) is 0 Å². The number of aliphatic imine (C=N–C) groups is 1. The Morgan fingerprint density at radius 3 is 2.67 bits per heavy atom. The largest absolute Gasteiger partial charge is 0.394 e. The van der Waals surface area contributed by atoms with Crippen LogP contribution in [-0.2, 0) is 4.79 Å². The molecule has 18 heavy (non-hydrogen) atoms. The third-order valence-corrected chi connectivity index (χ3v) is 2.86. The third-order valence-electron chi connectivity index (χ3n) is 2.86. The Balaban J connectivity index is 2.94. The van der Waals surface area contributed by atoms with Crippen molar-refractivity contribution in [2.75, 3.05) is 13.2 Å². The summed E-state index contributed by atoms with van der Waals surface area (Å²) in [5.74, 6) is -0.450. The van der Waals surface area contributed by atoms with Gasteiger partial charge in [-0.05, 0) is 11.8 Å². The van der Waals surface area contributed by atoms with Gasteiger partial charge in [0.2, 0.25) is 5.78 Å². The molecule has 0 radical (unpaired) electrons. The normalized spacial score (nSPS) is 27.2. The first-order valence-electron chi connectivity index (χ1n) is 5.75. The Labute approximate surface area is 105 Å². The lowest BCUT2D eigenvalue weighted by atomic mass is 9.74. The fourth-order valence-corrected chi connectivity index (χ4v) is 2.07. The van der Waals surface area contributed by atoms with E-state index in [1.807, 2.05) is 13.8 Å². The van der Waals surface area contributed by atoms with Crippen molar-refractivity contribution in [2.45, 2.75) is 38.8 Å². The molecule has 1 fully saturated rings. The summed E-state index contributed by atoms with van der Waals surface area (Å²) >= 11 is 0. The number of carbonyl (C=O) groups is 1. The van der Waals surface area contributed by atoms with Gasteiger partial charge >= 0.3 is 6.04 Å². The minimum atomic E-state index is -1.40. The average molecular weight is 258 g/mol. The molecule has 2 atom stereocenters. The SMILES string of the molecule is CC1(C)CC(=O)C([N+](=O)[O-])C(=NC[C@H](O)CO)C1. The second-order valence-electron chi connectivity index (χ2n) is 5.34. The van der Waals surface area contributed by atoms with Crippen LogP contribution < -0.4 is 0 Å². The fraction of sp³-hybridized carbons (Fsp3) is 0.818. The van der Waals surface area contributed by atoms with Crippen LogP contribution in [0.25, 0.3) is 0 Å². The Morgan fingerprint density at radius 2 is 2.17 bits per heavy atom. The molecular weight excluding hydrogens is 240 g/mol. The van der Waals surface area contributed by atoms with Crippen molar-refractivity contribution in [3.63, 3.8) is 0 Å². The van der Waals surface area contributed by atoms with E-state index in [-0.39, 0.29) is 24.1 Å². The zero-order valence-corrected chi connectivity index (χ0v) is 10.5. The van der Waals surface area contributed by atoms with Gasteiger partial charge in [0, 0.05) is 11.3 Å². The van der Waals surface area contributed by atoms with Crippen LogP contribution in [-0.4, -0.2) is 51.9 Å². The maximum absolute atomic E-state index is 11.7. The fourth-order valence-electron chi connectivity index (χ4n) is 2.07. The highest BCUT2D eigenvalue weighted by atomic mass is 16.6. The molecule has 0 bridgehead atoms. The molecule has 1 aliphatic carbocycles. The number of ketones is 1. The van der Waals surface area contributed by atoms with Gasteiger partial charge in [0.15, 0.2) is 0 Å². The number of rotatable bonds is 4. The third kappa shape index (κ3) is 3.58. The molecule has 0 saturated heterocycles. The van der Waals surface area contributed by atoms with Gasteiger partial charge in [-0.2, -0.15) is 0 Å². The molecule has 1 rings (SSSR count). The number of Topliss-reactive ketones (excluding diaryl/α,β-unsaturated/α-hetero) is 1. The second-order valence-corrected chi connectivity index (χ2v) is 5.34. The van der Waals surface area contributed by atoms with E-state index in [0.717, 1.165) is 0 Å². The Morgan fingerprint density at radius 1 is 1.56 bits per heavy atom. The summed E-state index contributed by atoms with van der Waals surface area (Å²) in [7, 11) is 0. The van der Waals surface area contributed by atoms with Gasteiger partial charge in [-0.25, -0.2) is 0 Å². The maximum atomic E-state index is 11.7. The molecule has 7 nitrogen and oxygen atoms in total. The van der Waals surface area contributed by atoms with Gasteiger partial charge in [0.05, 0.1) is 25.0 Å². The van der Waals surface area contributed by atoms with Crippen molar-refractivity contribution in [3.05, 3.63) is 10.1 Å². The van der Waals surface area contributed by atoms with E-state index in [1.165, 1.54) is 0 Å². The van der Waals surface area contributed by atoms with Crippen molar-refractivity contribution in [3.8, 4) is 0 Å². The quantitative estimate of drug-likeness (QED) is 0.536. The first kappa shape index (κ1) is 14.7. The van der Waals surface area contributed by atoms with E-state index in [2.05, 4.69) is 4.99 Å². The first-order valence-corrected chi connectivity index (χ1v) is 5.75. The lowest BCUT2D eigenvalue weighted by Gasteiger charge is -2.30. The van der Waals surface area contributed by atoms with Crippen LogP contribution >= 0.6 is 0 Å². The predicted octanol–water partition coefficient (Wildman–Crippen LogP) is -0.185. The first-order chi connectivity index (χ1) is 8.26. The van der Waals surface area contributed by atoms with E-state index in [9.17, 15) is 20.0 Å². The van der Waals surface area contributed by atoms with Crippen LogP contribution in [0.4, 0.5) is 0 Å². The Kier molecular flexibility index (Phi) is 4.53. The molecule has 1 saturated carbocycles. The predicted molar refractivity (Wildman–Crippen MR) is 64.2 cm³/mol. The monoisotopic (exact) mass is 258 g/mol. The smallest absolute Gasteiger partial charge is 0.307 e. The zero-order valence-electron chi connectivity index (χ0n) is 10.5. The molecule has 0 amide bonds. The van der Waals surface area contributed by atoms with E-state index in [4.69, 9.17) is 5.11 Å². The molecule has 1 unspecified atom stereocenters. The van der Waals surface area contributed by atoms with Gasteiger partial charge in [0.1, 0.15) is 0 Å². The molecule has 102 valence electrons. The molecule has 0 aromatic rings. The van der Waals surface area contributed by atoms with Gasteiger partial charge in [-0.15, -0.1) is 0 Å². The lowest BCUT2D eigenvalue weighted by Crippen LogP contribution is -2.46. The minimum Gasteiger partial charge on any atom is -0.394 e. The summed E-state index contributed by atoms with van der Waals surface area (Å²) in [6.07, 6.45) is -0.548. The molecule has 0 aliphatic heterocycles. The van der Waals surface area contributed by atoms with Gasteiger partial charge < -0.3 is 10.2 Å². The van der Waals surface area contributed by atoms with E-state index >= 15 is 0 Å². The number of aliphatic hydroxyl groups is 2. The van der Waals surface area contributed by atoms with Crippen molar-refractivity contribution < 1.29 is 19.9 Å². The Hall–Kier alpha value is -1.34. The molecule has 0 aromatic carbocycles.